The number of aromatic amines is 1. The summed E-state index contributed by atoms with van der Waals surface area (Å²) in [4.78, 5) is 28.1. The molecule has 0 saturated carbocycles. The Morgan fingerprint density at radius 1 is 1.13 bits per heavy atom. The highest BCUT2D eigenvalue weighted by molar-refractivity contribution is 6.02. The molecule has 4 rings (SSSR count). The lowest BCUT2D eigenvalue weighted by Crippen LogP contribution is -2.42. The first-order valence-corrected chi connectivity index (χ1v) is 12.8. The van der Waals surface area contributed by atoms with Crippen LogP contribution in [0.1, 0.15) is 40.5 Å². The van der Waals surface area contributed by atoms with E-state index in [-0.39, 0.29) is 24.8 Å². The monoisotopic (exact) mass is 534 g/mol. The summed E-state index contributed by atoms with van der Waals surface area (Å²) in [6.07, 6.45) is 2.53. The minimum Gasteiger partial charge on any atom is -0.496 e. The molecule has 0 aliphatic heterocycles. The van der Waals surface area contributed by atoms with E-state index in [1.165, 1.54) is 0 Å². The minimum atomic E-state index is -1.17. The molecule has 0 fully saturated rings. The molecule has 4 N–H and O–H groups in total. The van der Waals surface area contributed by atoms with Gasteiger partial charge in [-0.05, 0) is 35.8 Å². The molecule has 0 spiro atoms. The van der Waals surface area contributed by atoms with E-state index in [0.717, 1.165) is 22.3 Å². The molecule has 1 aliphatic rings. The molecular weight excluding hydrogens is 500 g/mol. The number of aromatic nitrogens is 1. The van der Waals surface area contributed by atoms with Crippen molar-refractivity contribution in [3.05, 3.63) is 88.3 Å². The van der Waals surface area contributed by atoms with Crippen molar-refractivity contribution in [1.29, 1.82) is 0 Å². The highest BCUT2D eigenvalue weighted by Gasteiger charge is 2.27. The number of benzene rings is 2. The van der Waals surface area contributed by atoms with Gasteiger partial charge in [0.25, 0.3) is 5.91 Å². The number of aliphatic carboxylic acids is 1. The number of hydrogen-bond acceptors (Lipinski definition) is 6. The summed E-state index contributed by atoms with van der Waals surface area (Å²) in [5.74, 6) is -1.05. The SMILES string of the molecule is CCOCC1=CC(OC)=C(c2ccc(C[C@H](NC(=O)c3[nH]c4ccccc4c3CO)C(=O)O)cc2)C(OC)C1. The molecule has 9 heteroatoms. The number of rotatable bonds is 12. The predicted octanol–water partition coefficient (Wildman–Crippen LogP) is 3.83. The number of para-hydroxylation sites is 1. The maximum Gasteiger partial charge on any atom is 0.326 e. The second-order valence-electron chi connectivity index (χ2n) is 9.30. The summed E-state index contributed by atoms with van der Waals surface area (Å²) >= 11 is 0. The number of ether oxygens (including phenoxy) is 3. The lowest BCUT2D eigenvalue weighted by Gasteiger charge is -2.27. The van der Waals surface area contributed by atoms with Crippen molar-refractivity contribution in [2.45, 2.75) is 38.5 Å². The van der Waals surface area contributed by atoms with Crippen LogP contribution in [0.2, 0.25) is 0 Å². The normalized spacial score (nSPS) is 16.2. The molecule has 1 unspecified atom stereocenters. The van der Waals surface area contributed by atoms with E-state index in [1.54, 1.807) is 26.4 Å². The maximum absolute atomic E-state index is 13.0. The van der Waals surface area contributed by atoms with Gasteiger partial charge >= 0.3 is 5.97 Å². The summed E-state index contributed by atoms with van der Waals surface area (Å²) in [6.45, 7) is 2.73. The van der Waals surface area contributed by atoms with Crippen molar-refractivity contribution in [2.75, 3.05) is 27.4 Å². The average molecular weight is 535 g/mol. The van der Waals surface area contributed by atoms with Gasteiger partial charge in [0.1, 0.15) is 17.5 Å². The zero-order valence-electron chi connectivity index (χ0n) is 22.3. The first kappa shape index (κ1) is 28.1. The smallest absolute Gasteiger partial charge is 0.326 e. The zero-order valence-corrected chi connectivity index (χ0v) is 22.3. The number of methoxy groups -OCH3 is 2. The molecule has 9 nitrogen and oxygen atoms in total. The summed E-state index contributed by atoms with van der Waals surface area (Å²) in [7, 11) is 3.28. The van der Waals surface area contributed by atoms with Crippen LogP contribution < -0.4 is 5.32 Å². The Kier molecular flexibility index (Phi) is 9.19. The van der Waals surface area contributed by atoms with Crippen molar-refractivity contribution >= 4 is 28.4 Å². The second-order valence-corrected chi connectivity index (χ2v) is 9.30. The molecule has 2 atom stereocenters. The fourth-order valence-electron chi connectivity index (χ4n) is 4.90. The van der Waals surface area contributed by atoms with E-state index in [0.29, 0.717) is 41.9 Å². The molecule has 2 aromatic carbocycles. The predicted molar refractivity (Wildman–Crippen MR) is 147 cm³/mol. The van der Waals surface area contributed by atoms with Crippen LogP contribution in [0.3, 0.4) is 0 Å². The van der Waals surface area contributed by atoms with Gasteiger partial charge in [-0.3, -0.25) is 4.79 Å². The first-order chi connectivity index (χ1) is 18.9. The van der Waals surface area contributed by atoms with Crippen LogP contribution in [0, 0.1) is 0 Å². The van der Waals surface area contributed by atoms with Crippen LogP contribution in [0.25, 0.3) is 16.5 Å². The van der Waals surface area contributed by atoms with Gasteiger partial charge in [-0.15, -0.1) is 0 Å². The van der Waals surface area contributed by atoms with Gasteiger partial charge in [0.15, 0.2) is 0 Å². The fourth-order valence-corrected chi connectivity index (χ4v) is 4.90. The molecule has 1 aromatic heterocycles. The van der Waals surface area contributed by atoms with Crippen molar-refractivity contribution in [1.82, 2.24) is 10.3 Å². The summed E-state index contributed by atoms with van der Waals surface area (Å²) in [5.41, 5.74) is 4.90. The quantitative estimate of drug-likeness (QED) is 0.278. The average Bonchev–Trinajstić information content (AvgIpc) is 3.34. The number of carboxylic acids is 1. The standard InChI is InChI=1S/C30H34N2O7/c1-4-39-17-19-14-25(37-2)27(26(15-19)38-3)20-11-9-18(10-12-20)13-24(30(35)36)32-29(34)28-22(16-33)21-7-5-6-8-23(21)31-28/h5-12,14,24,26,31,33H,4,13,15-17H2,1-3H3,(H,32,34)(H,35,36)/t24-,26?/m0/s1. The van der Waals surface area contributed by atoms with Crippen molar-refractivity contribution in [3.63, 3.8) is 0 Å². The number of allylic oxidation sites excluding steroid dienone is 1. The number of carbonyl (C=O) groups excluding carboxylic acids is 1. The summed E-state index contributed by atoms with van der Waals surface area (Å²) in [5, 5.41) is 23.0. The van der Waals surface area contributed by atoms with Crippen LogP contribution in [0.5, 0.6) is 0 Å². The van der Waals surface area contributed by atoms with Crippen LogP contribution in [0.15, 0.2) is 65.9 Å². The summed E-state index contributed by atoms with van der Waals surface area (Å²) in [6, 6.07) is 13.5. The third-order valence-corrected chi connectivity index (χ3v) is 6.87. The number of H-pyrrole nitrogens is 1. The van der Waals surface area contributed by atoms with E-state index < -0.39 is 17.9 Å². The van der Waals surface area contributed by atoms with Gasteiger partial charge in [0, 0.05) is 48.6 Å². The minimum absolute atomic E-state index is 0.0817. The van der Waals surface area contributed by atoms with E-state index in [2.05, 4.69) is 10.3 Å². The number of aliphatic hydroxyl groups is 1. The number of carbonyl (C=O) groups is 2. The van der Waals surface area contributed by atoms with Crippen molar-refractivity contribution in [2.24, 2.45) is 0 Å². The molecule has 0 saturated heterocycles. The van der Waals surface area contributed by atoms with Gasteiger partial charge in [-0.25, -0.2) is 4.79 Å². The highest BCUT2D eigenvalue weighted by Crippen LogP contribution is 2.34. The number of amides is 1. The van der Waals surface area contributed by atoms with Gasteiger partial charge in [-0.1, -0.05) is 42.5 Å². The van der Waals surface area contributed by atoms with Gasteiger partial charge in [0.05, 0.1) is 26.4 Å². The third-order valence-electron chi connectivity index (χ3n) is 6.87. The summed E-state index contributed by atoms with van der Waals surface area (Å²) < 4.78 is 17.0. The first-order valence-electron chi connectivity index (χ1n) is 12.8. The molecule has 1 amide bonds. The Balaban J connectivity index is 1.53. The van der Waals surface area contributed by atoms with Crippen molar-refractivity contribution in [3.8, 4) is 0 Å². The van der Waals surface area contributed by atoms with Crippen molar-refractivity contribution < 1.29 is 34.0 Å². The molecule has 1 aliphatic carbocycles. The topological polar surface area (TPSA) is 130 Å². The maximum atomic E-state index is 13.0. The van der Waals surface area contributed by atoms with E-state index in [9.17, 15) is 19.8 Å². The van der Waals surface area contributed by atoms with Crippen LogP contribution in [0.4, 0.5) is 0 Å². The highest BCUT2D eigenvalue weighted by atomic mass is 16.5. The lowest BCUT2D eigenvalue weighted by molar-refractivity contribution is -0.139. The Morgan fingerprint density at radius 3 is 2.51 bits per heavy atom. The number of aliphatic hydroxyl groups excluding tert-OH is 1. The third kappa shape index (κ3) is 6.22. The fraction of sp³-hybridized carbons (Fsp3) is 0.333. The van der Waals surface area contributed by atoms with E-state index in [1.807, 2.05) is 49.4 Å². The van der Waals surface area contributed by atoms with Gasteiger partial charge in [-0.2, -0.15) is 0 Å². The molecule has 1 heterocycles. The number of fused-ring (bicyclic) bond motifs is 1. The van der Waals surface area contributed by atoms with Gasteiger partial charge < -0.3 is 34.7 Å². The number of nitrogens with one attached hydrogen (secondary N) is 2. The van der Waals surface area contributed by atoms with Crippen LogP contribution in [-0.2, 0) is 32.0 Å². The lowest BCUT2D eigenvalue weighted by atomic mass is 9.88. The second kappa shape index (κ2) is 12.8. The Hall–Kier alpha value is -3.92. The van der Waals surface area contributed by atoms with Crippen LogP contribution >= 0.6 is 0 Å². The molecule has 206 valence electrons. The molecule has 39 heavy (non-hydrogen) atoms. The van der Waals surface area contributed by atoms with Crippen LogP contribution in [-0.4, -0.2) is 66.7 Å². The Labute approximate surface area is 227 Å². The molecule has 3 aromatic rings. The number of hydrogen-bond donors (Lipinski definition) is 4. The van der Waals surface area contributed by atoms with Gasteiger partial charge in [0.2, 0.25) is 0 Å². The van der Waals surface area contributed by atoms with E-state index >= 15 is 0 Å². The Morgan fingerprint density at radius 2 is 1.87 bits per heavy atom. The molecule has 0 radical (unpaired) electrons. The number of carboxylic acid groups (broad SMARTS) is 1. The zero-order chi connectivity index (χ0) is 27.9. The largest absolute Gasteiger partial charge is 0.496 e. The Bertz CT molecular complexity index is 1390. The molecular formula is C30H34N2O7. The molecule has 0 bridgehead atoms. The van der Waals surface area contributed by atoms with E-state index in [4.69, 9.17) is 14.2 Å².